The van der Waals surface area contributed by atoms with Crippen LogP contribution in [-0.2, 0) is 11.3 Å². The molecular weight excluding hydrogens is 266 g/mol. The third-order valence-electron chi connectivity index (χ3n) is 3.24. The van der Waals surface area contributed by atoms with E-state index in [0.29, 0.717) is 17.8 Å². The maximum absolute atomic E-state index is 11.6. The van der Waals surface area contributed by atoms with Crippen molar-refractivity contribution in [3.63, 3.8) is 0 Å². The van der Waals surface area contributed by atoms with Crippen molar-refractivity contribution in [1.29, 1.82) is 0 Å². The minimum atomic E-state index is -0.370. The van der Waals surface area contributed by atoms with Crippen LogP contribution in [-0.4, -0.2) is 25.1 Å². The van der Waals surface area contributed by atoms with E-state index in [9.17, 15) is 4.79 Å². The molecule has 2 aromatic rings. The summed E-state index contributed by atoms with van der Waals surface area (Å²) in [5.41, 5.74) is 8.76. The lowest BCUT2D eigenvalue weighted by molar-refractivity contribution is 0.0599. The summed E-state index contributed by atoms with van der Waals surface area (Å²) in [6.45, 7) is 2.49. The predicted octanol–water partition coefficient (Wildman–Crippen LogP) is 2.40. The summed E-state index contributed by atoms with van der Waals surface area (Å²) in [5.74, 6) is 0.424. The van der Waals surface area contributed by atoms with Gasteiger partial charge in [0.25, 0.3) is 0 Å². The van der Waals surface area contributed by atoms with E-state index in [0.717, 1.165) is 17.1 Å². The molecule has 2 N–H and O–H groups in total. The number of carbonyl (C=O) groups is 1. The van der Waals surface area contributed by atoms with E-state index in [4.69, 9.17) is 10.5 Å². The van der Waals surface area contributed by atoms with Gasteiger partial charge in [0.05, 0.1) is 18.4 Å². The van der Waals surface area contributed by atoms with Gasteiger partial charge in [-0.05, 0) is 36.8 Å². The molecule has 0 bridgehead atoms. The Balaban J connectivity index is 2.18. The number of esters is 1. The first-order valence-corrected chi connectivity index (χ1v) is 6.63. The molecule has 0 aliphatic carbocycles. The fourth-order valence-corrected chi connectivity index (χ4v) is 2.13. The van der Waals surface area contributed by atoms with Crippen molar-refractivity contribution in [2.75, 3.05) is 24.8 Å². The number of anilines is 2. The number of carbonyl (C=O) groups excluding carboxylic acids is 1. The van der Waals surface area contributed by atoms with Crippen LogP contribution in [0.15, 0.2) is 36.4 Å². The van der Waals surface area contributed by atoms with E-state index in [1.807, 2.05) is 42.3 Å². The number of hydrogen-bond donors (Lipinski definition) is 1. The summed E-state index contributed by atoms with van der Waals surface area (Å²) in [6, 6.07) is 11.3. The van der Waals surface area contributed by atoms with Gasteiger partial charge in [0.1, 0.15) is 5.82 Å². The lowest BCUT2D eigenvalue weighted by atomic mass is 10.2. The van der Waals surface area contributed by atoms with Gasteiger partial charge in [0.2, 0.25) is 0 Å². The lowest BCUT2D eigenvalue weighted by Crippen LogP contribution is -2.19. The smallest absolute Gasteiger partial charge is 0.339 e. The number of rotatable bonds is 4. The van der Waals surface area contributed by atoms with E-state index in [-0.39, 0.29) is 5.97 Å². The number of methoxy groups -OCH3 is 1. The summed E-state index contributed by atoms with van der Waals surface area (Å²) in [7, 11) is 3.31. The van der Waals surface area contributed by atoms with Crippen LogP contribution in [0.5, 0.6) is 0 Å². The lowest BCUT2D eigenvalue weighted by Gasteiger charge is -2.19. The van der Waals surface area contributed by atoms with Crippen LogP contribution in [0.2, 0.25) is 0 Å². The third kappa shape index (κ3) is 3.51. The molecule has 0 radical (unpaired) electrons. The molecule has 0 aliphatic rings. The van der Waals surface area contributed by atoms with Crippen LogP contribution >= 0.6 is 0 Å². The summed E-state index contributed by atoms with van der Waals surface area (Å²) in [5, 5.41) is 0. The molecule has 5 nitrogen and oxygen atoms in total. The highest BCUT2D eigenvalue weighted by Gasteiger charge is 2.12. The highest BCUT2D eigenvalue weighted by atomic mass is 16.5. The molecule has 0 saturated carbocycles. The van der Waals surface area contributed by atoms with Gasteiger partial charge in [0.15, 0.2) is 0 Å². The Bertz CT molecular complexity index is 656. The average Bonchev–Trinajstić information content (AvgIpc) is 2.46. The van der Waals surface area contributed by atoms with E-state index in [2.05, 4.69) is 4.98 Å². The first kappa shape index (κ1) is 14.8. The highest BCUT2D eigenvalue weighted by Crippen LogP contribution is 2.17. The van der Waals surface area contributed by atoms with E-state index < -0.39 is 0 Å². The van der Waals surface area contributed by atoms with Crippen molar-refractivity contribution in [3.8, 4) is 0 Å². The Morgan fingerprint density at radius 3 is 2.71 bits per heavy atom. The van der Waals surface area contributed by atoms with Crippen molar-refractivity contribution >= 4 is 17.5 Å². The Hall–Kier alpha value is -2.56. The van der Waals surface area contributed by atoms with Crippen molar-refractivity contribution in [2.24, 2.45) is 0 Å². The molecule has 5 heteroatoms. The highest BCUT2D eigenvalue weighted by molar-refractivity contribution is 5.90. The van der Waals surface area contributed by atoms with Crippen LogP contribution in [0.1, 0.15) is 21.6 Å². The minimum absolute atomic E-state index is 0.370. The second-order valence-electron chi connectivity index (χ2n) is 4.90. The van der Waals surface area contributed by atoms with Gasteiger partial charge < -0.3 is 15.4 Å². The predicted molar refractivity (Wildman–Crippen MR) is 83.3 cm³/mol. The largest absolute Gasteiger partial charge is 0.465 e. The van der Waals surface area contributed by atoms with Gasteiger partial charge in [-0.2, -0.15) is 0 Å². The number of nitrogens with two attached hydrogens (primary N) is 1. The molecule has 0 unspecified atom stereocenters. The zero-order valence-corrected chi connectivity index (χ0v) is 12.5. The zero-order valence-electron chi connectivity index (χ0n) is 12.5. The maximum atomic E-state index is 11.6. The Morgan fingerprint density at radius 2 is 2.10 bits per heavy atom. The molecule has 0 amide bonds. The second-order valence-corrected chi connectivity index (χ2v) is 4.90. The van der Waals surface area contributed by atoms with E-state index >= 15 is 0 Å². The van der Waals surface area contributed by atoms with E-state index in [1.165, 1.54) is 7.11 Å². The number of hydrogen-bond acceptors (Lipinski definition) is 5. The van der Waals surface area contributed by atoms with Gasteiger partial charge in [-0.25, -0.2) is 9.78 Å². The van der Waals surface area contributed by atoms with Gasteiger partial charge >= 0.3 is 5.97 Å². The number of pyridine rings is 1. The van der Waals surface area contributed by atoms with Crippen LogP contribution in [0, 0.1) is 6.92 Å². The molecule has 0 saturated heterocycles. The molecule has 110 valence electrons. The molecule has 2 rings (SSSR count). The number of nitrogen functional groups attached to an aromatic ring is 1. The summed E-state index contributed by atoms with van der Waals surface area (Å²) in [4.78, 5) is 18.0. The first-order chi connectivity index (χ1) is 10.0. The monoisotopic (exact) mass is 285 g/mol. The Kier molecular flexibility index (Phi) is 4.42. The van der Waals surface area contributed by atoms with Crippen molar-refractivity contribution < 1.29 is 9.53 Å². The molecule has 21 heavy (non-hydrogen) atoms. The SMILES string of the molecule is COC(=O)c1ccc(N(C)Cc2cccc(N)c2)nc1C. The molecule has 0 spiro atoms. The summed E-state index contributed by atoms with van der Waals surface area (Å²) in [6.07, 6.45) is 0. The molecule has 1 aromatic heterocycles. The molecule has 0 fully saturated rings. The first-order valence-electron chi connectivity index (χ1n) is 6.63. The van der Waals surface area contributed by atoms with E-state index in [1.54, 1.807) is 13.0 Å². The van der Waals surface area contributed by atoms with Gasteiger partial charge in [-0.1, -0.05) is 12.1 Å². The third-order valence-corrected chi connectivity index (χ3v) is 3.24. The van der Waals surface area contributed by atoms with Crippen molar-refractivity contribution in [3.05, 3.63) is 53.2 Å². The fourth-order valence-electron chi connectivity index (χ4n) is 2.13. The zero-order chi connectivity index (χ0) is 15.4. The molecule has 0 aliphatic heterocycles. The van der Waals surface area contributed by atoms with Gasteiger partial charge in [-0.3, -0.25) is 0 Å². The quantitative estimate of drug-likeness (QED) is 0.690. The normalized spacial score (nSPS) is 10.2. The van der Waals surface area contributed by atoms with Gasteiger partial charge in [-0.15, -0.1) is 0 Å². The number of ether oxygens (including phenoxy) is 1. The number of aromatic nitrogens is 1. The number of nitrogens with zero attached hydrogens (tertiary/aromatic N) is 2. The maximum Gasteiger partial charge on any atom is 0.339 e. The molecule has 1 aromatic carbocycles. The summed E-state index contributed by atoms with van der Waals surface area (Å²) < 4.78 is 4.72. The van der Waals surface area contributed by atoms with Crippen LogP contribution in [0.3, 0.4) is 0 Å². The Morgan fingerprint density at radius 1 is 1.33 bits per heavy atom. The topological polar surface area (TPSA) is 68.5 Å². The molecule has 0 atom stereocenters. The second kappa shape index (κ2) is 6.26. The number of benzene rings is 1. The van der Waals surface area contributed by atoms with Crippen molar-refractivity contribution in [1.82, 2.24) is 4.98 Å². The Labute approximate surface area is 124 Å². The fraction of sp³-hybridized carbons (Fsp3) is 0.250. The molecule has 1 heterocycles. The van der Waals surface area contributed by atoms with Crippen molar-refractivity contribution in [2.45, 2.75) is 13.5 Å². The molecular formula is C16H19N3O2. The average molecular weight is 285 g/mol. The standard InChI is InChI=1S/C16H19N3O2/c1-11-14(16(20)21-3)7-8-15(18-11)19(2)10-12-5-4-6-13(17)9-12/h4-9H,10,17H2,1-3H3. The summed E-state index contributed by atoms with van der Waals surface area (Å²) >= 11 is 0. The van der Waals surface area contributed by atoms with Crippen LogP contribution in [0.4, 0.5) is 11.5 Å². The number of aryl methyl sites for hydroxylation is 1. The minimum Gasteiger partial charge on any atom is -0.465 e. The van der Waals surface area contributed by atoms with Gasteiger partial charge in [0, 0.05) is 19.3 Å². The van der Waals surface area contributed by atoms with Crippen LogP contribution < -0.4 is 10.6 Å². The van der Waals surface area contributed by atoms with Crippen LogP contribution in [0.25, 0.3) is 0 Å².